The van der Waals surface area contributed by atoms with E-state index < -0.39 is 0 Å². The highest BCUT2D eigenvalue weighted by Gasteiger charge is 2.04. The van der Waals surface area contributed by atoms with Gasteiger partial charge in [0.2, 0.25) is 0 Å². The molecule has 1 heterocycles. The van der Waals surface area contributed by atoms with Gasteiger partial charge >= 0.3 is 0 Å². The Morgan fingerprint density at radius 3 is 2.65 bits per heavy atom. The van der Waals surface area contributed by atoms with Crippen LogP contribution in [0.3, 0.4) is 0 Å². The maximum atomic E-state index is 5.45. The van der Waals surface area contributed by atoms with Crippen LogP contribution < -0.4 is 10.1 Å². The number of rotatable bonds is 6. The average molecular weight is 309 g/mol. The second-order valence-electron chi connectivity index (χ2n) is 5.12. The van der Waals surface area contributed by atoms with Crippen LogP contribution in [0.15, 0.2) is 48.5 Å². The van der Waals surface area contributed by atoms with Crippen LogP contribution >= 0.6 is 0 Å². The average Bonchev–Trinajstić information content (AvgIpc) is 3.01. The topological polar surface area (TPSA) is 64.9 Å². The first-order valence-electron chi connectivity index (χ1n) is 7.57. The van der Waals surface area contributed by atoms with Crippen molar-refractivity contribution in [1.82, 2.24) is 20.2 Å². The van der Waals surface area contributed by atoms with E-state index in [4.69, 9.17) is 4.74 Å². The van der Waals surface area contributed by atoms with Crippen molar-refractivity contribution in [2.45, 2.75) is 20.4 Å². The molecule has 1 aromatic heterocycles. The van der Waals surface area contributed by atoms with Gasteiger partial charge in [0.05, 0.1) is 12.3 Å². The van der Waals surface area contributed by atoms with Crippen LogP contribution in [0, 0.1) is 6.92 Å². The molecule has 3 rings (SSSR count). The van der Waals surface area contributed by atoms with Gasteiger partial charge in [0.1, 0.15) is 5.75 Å². The highest BCUT2D eigenvalue weighted by atomic mass is 16.5. The Bertz CT molecular complexity index is 767. The van der Waals surface area contributed by atoms with Gasteiger partial charge in [-0.1, -0.05) is 18.2 Å². The number of hydrogen-bond donors (Lipinski definition) is 1. The third-order valence-corrected chi connectivity index (χ3v) is 3.45. The first kappa shape index (κ1) is 15.0. The Morgan fingerprint density at radius 2 is 1.96 bits per heavy atom. The van der Waals surface area contributed by atoms with E-state index in [0.29, 0.717) is 6.61 Å². The summed E-state index contributed by atoms with van der Waals surface area (Å²) in [6.07, 6.45) is 0. The van der Waals surface area contributed by atoms with Crippen molar-refractivity contribution < 1.29 is 4.74 Å². The van der Waals surface area contributed by atoms with Crippen LogP contribution in [0.4, 0.5) is 5.69 Å². The van der Waals surface area contributed by atoms with E-state index in [1.807, 2.05) is 50.2 Å². The molecule has 0 spiro atoms. The van der Waals surface area contributed by atoms with Crippen LogP contribution in [-0.4, -0.2) is 26.8 Å². The van der Waals surface area contributed by atoms with Crippen LogP contribution in [0.1, 0.15) is 18.3 Å². The third-order valence-electron chi connectivity index (χ3n) is 3.45. The molecule has 0 aliphatic rings. The molecule has 0 radical (unpaired) electrons. The van der Waals surface area contributed by atoms with Crippen molar-refractivity contribution in [2.75, 3.05) is 11.9 Å². The SMILES string of the molecule is CCOc1ccc(CNc2cccc(-n3nnnc3C)c2)cc1. The predicted molar refractivity (Wildman–Crippen MR) is 88.8 cm³/mol. The number of nitrogens with zero attached hydrogens (tertiary/aromatic N) is 4. The zero-order chi connectivity index (χ0) is 16.1. The van der Waals surface area contributed by atoms with Crippen molar-refractivity contribution in [3.05, 3.63) is 59.9 Å². The molecule has 0 fully saturated rings. The van der Waals surface area contributed by atoms with Gasteiger partial charge in [-0.3, -0.25) is 0 Å². The molecule has 0 bridgehead atoms. The molecule has 3 aromatic rings. The largest absolute Gasteiger partial charge is 0.494 e. The first-order valence-corrected chi connectivity index (χ1v) is 7.57. The number of aryl methyl sites for hydroxylation is 1. The fraction of sp³-hybridized carbons (Fsp3) is 0.235. The molecule has 23 heavy (non-hydrogen) atoms. The Hall–Kier alpha value is -2.89. The Balaban J connectivity index is 1.68. The molecule has 0 unspecified atom stereocenters. The van der Waals surface area contributed by atoms with Gasteiger partial charge < -0.3 is 10.1 Å². The summed E-state index contributed by atoms with van der Waals surface area (Å²) in [5.74, 6) is 1.65. The summed E-state index contributed by atoms with van der Waals surface area (Å²) in [6, 6.07) is 16.1. The molecule has 0 saturated heterocycles. The van der Waals surface area contributed by atoms with Crippen molar-refractivity contribution in [3.63, 3.8) is 0 Å². The fourth-order valence-corrected chi connectivity index (χ4v) is 2.29. The lowest BCUT2D eigenvalue weighted by atomic mass is 10.2. The number of ether oxygens (including phenoxy) is 1. The second kappa shape index (κ2) is 6.91. The highest BCUT2D eigenvalue weighted by molar-refractivity contribution is 5.51. The maximum Gasteiger partial charge on any atom is 0.153 e. The van der Waals surface area contributed by atoms with Gasteiger partial charge in [0.15, 0.2) is 5.82 Å². The summed E-state index contributed by atoms with van der Waals surface area (Å²) in [7, 11) is 0. The zero-order valence-corrected chi connectivity index (χ0v) is 13.2. The zero-order valence-electron chi connectivity index (χ0n) is 13.2. The standard InChI is InChI=1S/C17H19N5O/c1-3-23-17-9-7-14(8-10-17)12-18-15-5-4-6-16(11-15)22-13(2)19-20-21-22/h4-11,18H,3,12H2,1-2H3. The third kappa shape index (κ3) is 3.66. The molecule has 0 aliphatic carbocycles. The molecule has 1 N–H and O–H groups in total. The number of nitrogens with one attached hydrogen (secondary N) is 1. The van der Waals surface area contributed by atoms with Gasteiger partial charge in [0, 0.05) is 12.2 Å². The monoisotopic (exact) mass is 309 g/mol. The molecule has 0 atom stereocenters. The maximum absolute atomic E-state index is 5.45. The minimum Gasteiger partial charge on any atom is -0.494 e. The van der Waals surface area contributed by atoms with Crippen molar-refractivity contribution >= 4 is 5.69 Å². The van der Waals surface area contributed by atoms with E-state index >= 15 is 0 Å². The van der Waals surface area contributed by atoms with Crippen LogP contribution in [0.2, 0.25) is 0 Å². The summed E-state index contributed by atoms with van der Waals surface area (Å²) in [5, 5.41) is 15.0. The molecular formula is C17H19N5O. The first-order chi connectivity index (χ1) is 11.3. The van der Waals surface area contributed by atoms with Gasteiger partial charge in [0.25, 0.3) is 0 Å². The minimum atomic E-state index is 0.681. The lowest BCUT2D eigenvalue weighted by Crippen LogP contribution is -2.03. The predicted octanol–water partition coefficient (Wildman–Crippen LogP) is 2.98. The second-order valence-corrected chi connectivity index (χ2v) is 5.12. The number of hydrogen-bond acceptors (Lipinski definition) is 5. The molecule has 0 aliphatic heterocycles. The molecule has 0 amide bonds. The minimum absolute atomic E-state index is 0.681. The lowest BCUT2D eigenvalue weighted by molar-refractivity contribution is 0.340. The smallest absolute Gasteiger partial charge is 0.153 e. The molecule has 2 aromatic carbocycles. The Labute approximate surface area is 135 Å². The van der Waals surface area contributed by atoms with E-state index in [-0.39, 0.29) is 0 Å². The van der Waals surface area contributed by atoms with Gasteiger partial charge in [-0.15, -0.1) is 5.10 Å². The summed E-state index contributed by atoms with van der Waals surface area (Å²) >= 11 is 0. The number of tetrazole rings is 1. The normalized spacial score (nSPS) is 10.5. The van der Waals surface area contributed by atoms with E-state index in [2.05, 4.69) is 33.0 Å². The van der Waals surface area contributed by atoms with E-state index in [1.165, 1.54) is 5.56 Å². The molecule has 118 valence electrons. The number of anilines is 1. The van der Waals surface area contributed by atoms with Gasteiger partial charge in [-0.25, -0.2) is 0 Å². The highest BCUT2D eigenvalue weighted by Crippen LogP contribution is 2.17. The summed E-state index contributed by atoms with van der Waals surface area (Å²) < 4.78 is 7.16. The fourth-order valence-electron chi connectivity index (χ4n) is 2.29. The summed E-state index contributed by atoms with van der Waals surface area (Å²) in [5.41, 5.74) is 3.15. The lowest BCUT2D eigenvalue weighted by Gasteiger charge is -2.09. The molecule has 6 nitrogen and oxygen atoms in total. The van der Waals surface area contributed by atoms with E-state index in [9.17, 15) is 0 Å². The van der Waals surface area contributed by atoms with Crippen molar-refractivity contribution in [2.24, 2.45) is 0 Å². The van der Waals surface area contributed by atoms with Crippen LogP contribution in [0.25, 0.3) is 5.69 Å². The molecule has 6 heteroatoms. The number of benzene rings is 2. The Kier molecular flexibility index (Phi) is 4.52. The van der Waals surface area contributed by atoms with Gasteiger partial charge in [-0.05, 0) is 60.2 Å². The van der Waals surface area contributed by atoms with E-state index in [1.54, 1.807) is 4.68 Å². The Morgan fingerprint density at radius 1 is 1.13 bits per heavy atom. The summed E-state index contributed by atoms with van der Waals surface area (Å²) in [6.45, 7) is 5.28. The van der Waals surface area contributed by atoms with Crippen molar-refractivity contribution in [1.29, 1.82) is 0 Å². The van der Waals surface area contributed by atoms with Crippen molar-refractivity contribution in [3.8, 4) is 11.4 Å². The van der Waals surface area contributed by atoms with Gasteiger partial charge in [-0.2, -0.15) is 4.68 Å². The number of aromatic nitrogens is 4. The van der Waals surface area contributed by atoms with Crippen LogP contribution in [-0.2, 0) is 6.54 Å². The van der Waals surface area contributed by atoms with Crippen LogP contribution in [0.5, 0.6) is 5.75 Å². The van der Waals surface area contributed by atoms with E-state index in [0.717, 1.165) is 29.5 Å². The summed E-state index contributed by atoms with van der Waals surface area (Å²) in [4.78, 5) is 0. The quantitative estimate of drug-likeness (QED) is 0.758. The molecular weight excluding hydrogens is 290 g/mol. The molecule has 0 saturated carbocycles.